The van der Waals surface area contributed by atoms with Gasteiger partial charge in [-0.3, -0.25) is 4.79 Å². The second kappa shape index (κ2) is 6.93. The van der Waals surface area contributed by atoms with E-state index >= 15 is 0 Å². The highest BCUT2D eigenvalue weighted by molar-refractivity contribution is 6.06. The number of carbonyl (C=O) groups excluding carboxylic acids is 1. The van der Waals surface area contributed by atoms with E-state index in [1.165, 1.54) is 6.20 Å². The number of fused-ring (bicyclic) bond motifs is 1. The third-order valence-electron chi connectivity index (χ3n) is 4.63. The maximum Gasteiger partial charge on any atom is 0.255 e. The molecule has 1 aromatic heterocycles. The minimum atomic E-state index is -0.539. The lowest BCUT2D eigenvalue weighted by Crippen LogP contribution is -2.31. The van der Waals surface area contributed by atoms with Gasteiger partial charge in [-0.25, -0.2) is 4.68 Å². The molecule has 7 heteroatoms. The molecular weight excluding hydrogens is 354 g/mol. The summed E-state index contributed by atoms with van der Waals surface area (Å²) in [5, 5.41) is 29.4. The van der Waals surface area contributed by atoms with Gasteiger partial charge in [0.25, 0.3) is 5.91 Å². The highest BCUT2D eigenvalue weighted by atomic mass is 16.3. The highest BCUT2D eigenvalue weighted by Gasteiger charge is 2.34. The van der Waals surface area contributed by atoms with E-state index in [9.17, 15) is 15.2 Å². The fraction of sp³-hybridized carbons (Fsp3) is 0.0952. The SMILES string of the molecule is CC1=C(C(=O)Nc2ccccc2)[C@@H](c2ccc(O)cc2)n2ncc(C#N)c2N1. The molecular formula is C21H17N5O2. The van der Waals surface area contributed by atoms with Crippen LogP contribution >= 0.6 is 0 Å². The molecule has 0 unspecified atom stereocenters. The number of aromatic hydroxyl groups is 1. The molecule has 0 saturated heterocycles. The number of amides is 1. The first-order chi connectivity index (χ1) is 13.6. The molecule has 0 saturated carbocycles. The number of para-hydroxylation sites is 1. The van der Waals surface area contributed by atoms with E-state index in [2.05, 4.69) is 21.8 Å². The van der Waals surface area contributed by atoms with E-state index in [1.807, 2.05) is 30.3 Å². The number of nitriles is 1. The average molecular weight is 371 g/mol. The minimum Gasteiger partial charge on any atom is -0.508 e. The van der Waals surface area contributed by atoms with E-state index in [-0.39, 0.29) is 11.7 Å². The Morgan fingerprint density at radius 3 is 2.61 bits per heavy atom. The van der Waals surface area contributed by atoms with Gasteiger partial charge >= 0.3 is 0 Å². The molecule has 0 radical (unpaired) electrons. The molecule has 0 aliphatic carbocycles. The van der Waals surface area contributed by atoms with Gasteiger partial charge < -0.3 is 15.7 Å². The number of rotatable bonds is 3. The van der Waals surface area contributed by atoms with Crippen LogP contribution in [0.15, 0.2) is 72.1 Å². The van der Waals surface area contributed by atoms with Crippen LogP contribution in [0.3, 0.4) is 0 Å². The number of hydrogen-bond acceptors (Lipinski definition) is 5. The molecule has 7 nitrogen and oxygen atoms in total. The van der Waals surface area contributed by atoms with Gasteiger partial charge in [0.15, 0.2) is 0 Å². The molecule has 28 heavy (non-hydrogen) atoms. The van der Waals surface area contributed by atoms with Crippen molar-refractivity contribution in [1.29, 1.82) is 5.26 Å². The summed E-state index contributed by atoms with van der Waals surface area (Å²) in [5.41, 5.74) is 2.96. The van der Waals surface area contributed by atoms with Crippen LogP contribution in [0.4, 0.5) is 11.5 Å². The zero-order chi connectivity index (χ0) is 19.7. The minimum absolute atomic E-state index is 0.132. The van der Waals surface area contributed by atoms with Crippen LogP contribution in [0.5, 0.6) is 5.75 Å². The summed E-state index contributed by atoms with van der Waals surface area (Å²) in [6.07, 6.45) is 1.47. The van der Waals surface area contributed by atoms with Crippen molar-refractivity contribution in [2.45, 2.75) is 13.0 Å². The quantitative estimate of drug-likeness (QED) is 0.655. The van der Waals surface area contributed by atoms with Gasteiger partial charge in [0.1, 0.15) is 29.2 Å². The zero-order valence-electron chi connectivity index (χ0n) is 15.0. The van der Waals surface area contributed by atoms with Crippen LogP contribution in [0.2, 0.25) is 0 Å². The lowest BCUT2D eigenvalue weighted by atomic mass is 9.94. The van der Waals surface area contributed by atoms with Crippen molar-refractivity contribution in [2.24, 2.45) is 0 Å². The number of phenols is 1. The molecule has 1 aliphatic heterocycles. The zero-order valence-corrected chi connectivity index (χ0v) is 15.0. The Hall–Kier alpha value is -4.05. The lowest BCUT2D eigenvalue weighted by molar-refractivity contribution is -0.113. The second-order valence-electron chi connectivity index (χ2n) is 6.44. The molecule has 3 N–H and O–H groups in total. The molecule has 2 aromatic carbocycles. The Morgan fingerprint density at radius 1 is 1.21 bits per heavy atom. The number of anilines is 2. The number of nitrogens with one attached hydrogen (secondary N) is 2. The van der Waals surface area contributed by atoms with Crippen molar-refractivity contribution in [1.82, 2.24) is 9.78 Å². The fourth-order valence-corrected chi connectivity index (χ4v) is 3.32. The van der Waals surface area contributed by atoms with Gasteiger partial charge in [0.05, 0.1) is 11.8 Å². The first-order valence-corrected chi connectivity index (χ1v) is 8.69. The number of carbonyl (C=O) groups is 1. The highest BCUT2D eigenvalue weighted by Crippen LogP contribution is 2.37. The number of allylic oxidation sites excluding steroid dienone is 1. The topological polar surface area (TPSA) is 103 Å². The molecule has 2 heterocycles. The molecule has 0 spiro atoms. The van der Waals surface area contributed by atoms with Crippen LogP contribution in [0, 0.1) is 11.3 Å². The van der Waals surface area contributed by atoms with Crippen molar-refractivity contribution in [3.63, 3.8) is 0 Å². The van der Waals surface area contributed by atoms with Crippen LogP contribution in [-0.4, -0.2) is 20.8 Å². The summed E-state index contributed by atoms with van der Waals surface area (Å²) in [7, 11) is 0. The monoisotopic (exact) mass is 371 g/mol. The number of hydrogen-bond donors (Lipinski definition) is 3. The van der Waals surface area contributed by atoms with E-state index in [1.54, 1.807) is 35.9 Å². The molecule has 3 aromatic rings. The van der Waals surface area contributed by atoms with E-state index in [0.29, 0.717) is 28.3 Å². The van der Waals surface area contributed by atoms with Crippen molar-refractivity contribution in [3.05, 3.63) is 83.2 Å². The van der Waals surface area contributed by atoms with Crippen molar-refractivity contribution in [3.8, 4) is 11.8 Å². The second-order valence-corrected chi connectivity index (χ2v) is 6.44. The van der Waals surface area contributed by atoms with Gasteiger partial charge in [-0.05, 0) is 36.8 Å². The number of phenolic OH excluding ortho intramolecular Hbond substituents is 1. The third kappa shape index (κ3) is 2.97. The summed E-state index contributed by atoms with van der Waals surface area (Å²) in [5.74, 6) is 0.398. The summed E-state index contributed by atoms with van der Waals surface area (Å²) < 4.78 is 1.62. The smallest absolute Gasteiger partial charge is 0.255 e. The van der Waals surface area contributed by atoms with Crippen LogP contribution in [0.25, 0.3) is 0 Å². The van der Waals surface area contributed by atoms with E-state index in [0.717, 1.165) is 5.56 Å². The summed E-state index contributed by atoms with van der Waals surface area (Å²) in [4.78, 5) is 13.2. The maximum absolute atomic E-state index is 13.2. The largest absolute Gasteiger partial charge is 0.508 e. The maximum atomic E-state index is 13.2. The Labute approximate surface area is 161 Å². The number of aromatic nitrogens is 2. The predicted molar refractivity (Wildman–Crippen MR) is 105 cm³/mol. The van der Waals surface area contributed by atoms with Crippen LogP contribution in [0.1, 0.15) is 24.1 Å². The van der Waals surface area contributed by atoms with Gasteiger partial charge in [0, 0.05) is 11.4 Å². The average Bonchev–Trinajstić information content (AvgIpc) is 3.10. The molecule has 1 aliphatic rings. The first-order valence-electron chi connectivity index (χ1n) is 8.69. The summed E-state index contributed by atoms with van der Waals surface area (Å²) in [6, 6.07) is 17.4. The van der Waals surface area contributed by atoms with E-state index < -0.39 is 6.04 Å². The Balaban J connectivity index is 1.81. The third-order valence-corrected chi connectivity index (χ3v) is 4.63. The molecule has 138 valence electrons. The lowest BCUT2D eigenvalue weighted by Gasteiger charge is -2.30. The number of nitrogens with zero attached hydrogens (tertiary/aromatic N) is 3. The fourth-order valence-electron chi connectivity index (χ4n) is 3.32. The molecule has 4 rings (SSSR count). The normalized spacial score (nSPS) is 15.4. The molecule has 0 bridgehead atoms. The van der Waals surface area contributed by atoms with Crippen LogP contribution in [-0.2, 0) is 4.79 Å². The Kier molecular flexibility index (Phi) is 4.30. The standard InChI is InChI=1S/C21H17N5O2/c1-13-18(21(28)25-16-5-3-2-4-6-16)19(14-7-9-17(27)10-8-14)26-20(24-13)15(11-22)12-23-26/h2-10,12,19,24,27H,1H3,(H,25,28)/t19-/m1/s1. The van der Waals surface area contributed by atoms with Crippen molar-refractivity contribution >= 4 is 17.4 Å². The Morgan fingerprint density at radius 2 is 1.93 bits per heavy atom. The molecule has 0 fully saturated rings. The van der Waals surface area contributed by atoms with E-state index in [4.69, 9.17) is 0 Å². The molecule has 1 atom stereocenters. The van der Waals surface area contributed by atoms with Gasteiger partial charge in [-0.1, -0.05) is 30.3 Å². The van der Waals surface area contributed by atoms with Crippen LogP contribution < -0.4 is 10.6 Å². The van der Waals surface area contributed by atoms with Crippen molar-refractivity contribution < 1.29 is 9.90 Å². The number of benzene rings is 2. The van der Waals surface area contributed by atoms with Gasteiger partial charge in [0.2, 0.25) is 0 Å². The Bertz CT molecular complexity index is 1110. The van der Waals surface area contributed by atoms with Gasteiger partial charge in [-0.15, -0.1) is 0 Å². The predicted octanol–water partition coefficient (Wildman–Crippen LogP) is 3.39. The summed E-state index contributed by atoms with van der Waals surface area (Å²) in [6.45, 7) is 1.80. The molecule has 1 amide bonds. The van der Waals surface area contributed by atoms with Gasteiger partial charge in [-0.2, -0.15) is 10.4 Å². The van der Waals surface area contributed by atoms with Crippen molar-refractivity contribution in [2.75, 3.05) is 10.6 Å². The summed E-state index contributed by atoms with van der Waals surface area (Å²) >= 11 is 0. The first kappa shape index (κ1) is 17.4.